The molecule has 0 aliphatic carbocycles. The van der Waals surface area contributed by atoms with Crippen LogP contribution in [0.3, 0.4) is 0 Å². The molecule has 0 aliphatic heterocycles. The summed E-state index contributed by atoms with van der Waals surface area (Å²) in [5, 5.41) is 1.92. The first-order chi connectivity index (χ1) is 13.3. The monoisotopic (exact) mass is 398 g/mol. The molecule has 0 bridgehead atoms. The minimum absolute atomic E-state index is 0.0857. The number of carbonyl (C=O) groups excluding carboxylic acids is 1. The zero-order valence-corrected chi connectivity index (χ0v) is 16.7. The summed E-state index contributed by atoms with van der Waals surface area (Å²) in [7, 11) is -2.14. The minimum Gasteiger partial charge on any atom is -0.368 e. The van der Waals surface area contributed by atoms with E-state index in [4.69, 9.17) is 5.73 Å². The number of benzene rings is 2. The van der Waals surface area contributed by atoms with Crippen LogP contribution in [0.4, 0.5) is 5.95 Å². The highest BCUT2D eigenvalue weighted by molar-refractivity contribution is 7.90. The second kappa shape index (κ2) is 7.47. The molecule has 8 heteroatoms. The van der Waals surface area contributed by atoms with E-state index in [2.05, 4.69) is 10.3 Å². The highest BCUT2D eigenvalue weighted by Crippen LogP contribution is 2.29. The van der Waals surface area contributed by atoms with Crippen LogP contribution in [0.1, 0.15) is 25.0 Å². The van der Waals surface area contributed by atoms with Gasteiger partial charge in [-0.2, -0.15) is 0 Å². The second-order valence-corrected chi connectivity index (χ2v) is 8.91. The molecular formula is C20H22N4O3S. The molecule has 1 heterocycles. The Labute approximate surface area is 163 Å². The highest BCUT2D eigenvalue weighted by Gasteiger charge is 2.24. The van der Waals surface area contributed by atoms with Crippen LogP contribution in [0.15, 0.2) is 54.6 Å². The van der Waals surface area contributed by atoms with Gasteiger partial charge in [0.25, 0.3) is 0 Å². The zero-order chi connectivity index (χ0) is 20.5. The fourth-order valence-corrected chi connectivity index (χ4v) is 4.02. The van der Waals surface area contributed by atoms with E-state index in [1.807, 2.05) is 30.3 Å². The number of nitrogens with one attached hydrogen (secondary N) is 1. The molecule has 1 amide bonds. The van der Waals surface area contributed by atoms with Crippen molar-refractivity contribution in [3.8, 4) is 0 Å². The molecule has 7 nitrogen and oxygen atoms in total. The van der Waals surface area contributed by atoms with Gasteiger partial charge in [-0.1, -0.05) is 36.4 Å². The lowest BCUT2D eigenvalue weighted by molar-refractivity contribution is -0.116. The van der Waals surface area contributed by atoms with E-state index < -0.39 is 15.3 Å². The van der Waals surface area contributed by atoms with Crippen LogP contribution in [0, 0.1) is 0 Å². The Bertz CT molecular complexity index is 1160. The fraction of sp³-hybridized carbons (Fsp3) is 0.200. The Morgan fingerprint density at radius 2 is 1.82 bits per heavy atom. The van der Waals surface area contributed by atoms with Crippen LogP contribution in [0.5, 0.6) is 0 Å². The number of fused-ring (bicyclic) bond motifs is 1. The fourth-order valence-electron chi connectivity index (χ4n) is 2.87. The zero-order valence-electron chi connectivity index (χ0n) is 15.9. The molecule has 0 saturated heterocycles. The van der Waals surface area contributed by atoms with Crippen LogP contribution >= 0.6 is 0 Å². The van der Waals surface area contributed by atoms with Crippen LogP contribution in [-0.2, 0) is 14.8 Å². The average molecular weight is 398 g/mol. The summed E-state index contributed by atoms with van der Waals surface area (Å²) < 4.78 is 26.6. The number of amides is 1. The number of carbonyl (C=O) groups is 1. The summed E-state index contributed by atoms with van der Waals surface area (Å²) in [6, 6.07) is 14.6. The molecule has 3 aromatic rings. The van der Waals surface area contributed by atoms with Gasteiger partial charge in [0.1, 0.15) is 0 Å². The van der Waals surface area contributed by atoms with E-state index in [0.29, 0.717) is 22.2 Å². The van der Waals surface area contributed by atoms with Gasteiger partial charge in [-0.25, -0.2) is 17.4 Å². The summed E-state index contributed by atoms with van der Waals surface area (Å²) in [4.78, 5) is 16.2. The van der Waals surface area contributed by atoms with Gasteiger partial charge in [0.05, 0.1) is 16.3 Å². The molecule has 0 spiro atoms. The van der Waals surface area contributed by atoms with Crippen LogP contribution in [0.25, 0.3) is 16.6 Å². The topological polar surface area (TPSA) is 107 Å². The SMILES string of the molecule is CNC(=O)/C=C(\c1ccccc1)c1ccc2nc(N)n(S(=O)(=O)C(C)C)c2c1. The molecule has 146 valence electrons. The minimum atomic E-state index is -3.70. The maximum absolute atomic E-state index is 12.8. The first-order valence-corrected chi connectivity index (χ1v) is 10.3. The third-order valence-electron chi connectivity index (χ3n) is 4.41. The number of hydrogen-bond donors (Lipinski definition) is 2. The van der Waals surface area contributed by atoms with Gasteiger partial charge < -0.3 is 11.1 Å². The van der Waals surface area contributed by atoms with Crippen molar-refractivity contribution in [1.29, 1.82) is 0 Å². The van der Waals surface area contributed by atoms with Crippen molar-refractivity contribution < 1.29 is 13.2 Å². The van der Waals surface area contributed by atoms with E-state index in [1.165, 1.54) is 6.08 Å². The standard InChI is InChI=1S/C20H22N4O3S/c1-13(2)28(26,27)24-18-11-15(9-10-17(18)23-20(24)21)16(12-19(25)22-3)14-7-5-4-6-8-14/h4-13H,1-3H3,(H2,21,23)(H,22,25)/b16-12+. The molecular weight excluding hydrogens is 376 g/mol. The average Bonchev–Trinajstić information content (AvgIpc) is 3.01. The number of rotatable bonds is 5. The summed E-state index contributed by atoms with van der Waals surface area (Å²) >= 11 is 0. The lowest BCUT2D eigenvalue weighted by Gasteiger charge is -2.12. The Morgan fingerprint density at radius 1 is 1.14 bits per heavy atom. The van der Waals surface area contributed by atoms with E-state index in [0.717, 1.165) is 9.54 Å². The predicted molar refractivity (Wildman–Crippen MR) is 111 cm³/mol. The Hall–Kier alpha value is -3.13. The normalized spacial score (nSPS) is 12.5. The molecule has 2 aromatic carbocycles. The van der Waals surface area contributed by atoms with E-state index in [9.17, 15) is 13.2 Å². The van der Waals surface area contributed by atoms with Gasteiger partial charge in [-0.15, -0.1) is 0 Å². The lowest BCUT2D eigenvalue weighted by atomic mass is 9.97. The molecule has 0 radical (unpaired) electrons. The third kappa shape index (κ3) is 3.50. The van der Waals surface area contributed by atoms with Crippen LogP contribution in [-0.4, -0.2) is 35.6 Å². The summed E-state index contributed by atoms with van der Waals surface area (Å²) in [5.41, 5.74) is 8.93. The summed E-state index contributed by atoms with van der Waals surface area (Å²) in [5.74, 6) is -0.348. The molecule has 0 unspecified atom stereocenters. The summed E-state index contributed by atoms with van der Waals surface area (Å²) in [6.45, 7) is 3.18. The summed E-state index contributed by atoms with van der Waals surface area (Å²) in [6.07, 6.45) is 1.48. The van der Waals surface area contributed by atoms with Crippen LogP contribution in [0.2, 0.25) is 0 Å². The quantitative estimate of drug-likeness (QED) is 0.642. The number of aromatic nitrogens is 2. The number of nitrogens with two attached hydrogens (primary N) is 1. The number of likely N-dealkylation sites (N-methyl/N-ethyl adjacent to an activating group) is 1. The Morgan fingerprint density at radius 3 is 2.43 bits per heavy atom. The molecule has 0 aliphatic rings. The van der Waals surface area contributed by atoms with E-state index in [1.54, 1.807) is 39.1 Å². The molecule has 28 heavy (non-hydrogen) atoms. The van der Waals surface area contributed by atoms with Crippen molar-refractivity contribution in [3.05, 3.63) is 65.7 Å². The van der Waals surface area contributed by atoms with Crippen molar-refractivity contribution in [2.45, 2.75) is 19.1 Å². The lowest BCUT2D eigenvalue weighted by Crippen LogP contribution is -2.23. The van der Waals surface area contributed by atoms with Crippen molar-refractivity contribution in [3.63, 3.8) is 0 Å². The van der Waals surface area contributed by atoms with Gasteiger partial charge in [-0.05, 0) is 42.7 Å². The smallest absolute Gasteiger partial charge is 0.244 e. The third-order valence-corrected chi connectivity index (χ3v) is 6.49. The van der Waals surface area contributed by atoms with Gasteiger partial charge >= 0.3 is 0 Å². The molecule has 0 fully saturated rings. The Kier molecular flexibility index (Phi) is 5.24. The number of hydrogen-bond acceptors (Lipinski definition) is 5. The maximum atomic E-state index is 12.8. The van der Waals surface area contributed by atoms with Gasteiger partial charge in [-0.3, -0.25) is 4.79 Å². The number of anilines is 1. The number of nitrogen functional groups attached to an aromatic ring is 1. The molecule has 0 atom stereocenters. The number of nitrogens with zero attached hydrogens (tertiary/aromatic N) is 2. The van der Waals surface area contributed by atoms with Crippen molar-refractivity contribution in [2.75, 3.05) is 12.8 Å². The first-order valence-electron chi connectivity index (χ1n) is 8.77. The van der Waals surface area contributed by atoms with Gasteiger partial charge in [0.15, 0.2) is 0 Å². The van der Waals surface area contributed by atoms with Crippen molar-refractivity contribution in [1.82, 2.24) is 14.3 Å². The van der Waals surface area contributed by atoms with Crippen molar-refractivity contribution >= 4 is 38.5 Å². The molecule has 3 rings (SSSR count). The van der Waals surface area contributed by atoms with Crippen LogP contribution < -0.4 is 11.1 Å². The largest absolute Gasteiger partial charge is 0.368 e. The maximum Gasteiger partial charge on any atom is 0.244 e. The van der Waals surface area contributed by atoms with E-state index in [-0.39, 0.29) is 11.9 Å². The first kappa shape index (κ1) is 19.6. The van der Waals surface area contributed by atoms with Crippen molar-refractivity contribution in [2.24, 2.45) is 0 Å². The molecule has 0 saturated carbocycles. The second-order valence-electron chi connectivity index (χ2n) is 6.57. The predicted octanol–water partition coefficient (Wildman–Crippen LogP) is 2.38. The van der Waals surface area contributed by atoms with E-state index >= 15 is 0 Å². The number of imidazole rings is 1. The molecule has 3 N–H and O–H groups in total. The van der Waals surface area contributed by atoms with Gasteiger partial charge in [0, 0.05) is 13.1 Å². The Balaban J connectivity index is 2.28. The highest BCUT2D eigenvalue weighted by atomic mass is 32.2. The molecule has 1 aromatic heterocycles. The van der Waals surface area contributed by atoms with Gasteiger partial charge in [0.2, 0.25) is 21.9 Å².